The van der Waals surface area contributed by atoms with E-state index in [1.165, 1.54) is 32.2 Å². The Labute approximate surface area is 183 Å². The summed E-state index contributed by atoms with van der Waals surface area (Å²) in [5, 5.41) is 9.57. The molecule has 0 amide bonds. The van der Waals surface area contributed by atoms with Crippen molar-refractivity contribution in [3.8, 4) is 5.75 Å². The van der Waals surface area contributed by atoms with Crippen LogP contribution in [0.15, 0.2) is 81.5 Å². The zero-order chi connectivity index (χ0) is 22.9. The van der Waals surface area contributed by atoms with Crippen molar-refractivity contribution in [1.29, 1.82) is 0 Å². The quantitative estimate of drug-likeness (QED) is 0.341. The number of rotatable bonds is 5. The number of benzene rings is 3. The van der Waals surface area contributed by atoms with Crippen LogP contribution in [0.1, 0.15) is 23.1 Å². The smallest absolute Gasteiger partial charge is 0.374 e. The number of carbonyl (C=O) groups excluding carboxylic acids is 1. The SMILES string of the molecule is CC(=O)n1nc(C)n(N=Cc2ccccc2OS(=O)(=O)c2ccc3ccccc3c2)c1=O. The Balaban J connectivity index is 1.67. The Morgan fingerprint density at radius 1 is 1.03 bits per heavy atom. The zero-order valence-corrected chi connectivity index (χ0v) is 18.0. The lowest BCUT2D eigenvalue weighted by Crippen LogP contribution is -2.26. The number of hydrogen-bond donors (Lipinski definition) is 0. The summed E-state index contributed by atoms with van der Waals surface area (Å²) >= 11 is 0. The molecule has 1 aromatic heterocycles. The second-order valence-electron chi connectivity index (χ2n) is 6.90. The van der Waals surface area contributed by atoms with Crippen molar-refractivity contribution < 1.29 is 17.4 Å². The highest BCUT2D eigenvalue weighted by atomic mass is 32.2. The largest absolute Gasteiger partial charge is 0.378 e. The van der Waals surface area contributed by atoms with Gasteiger partial charge in [-0.2, -0.15) is 18.2 Å². The average molecular weight is 450 g/mol. The van der Waals surface area contributed by atoms with E-state index >= 15 is 0 Å². The molecular weight excluding hydrogens is 432 g/mol. The van der Waals surface area contributed by atoms with Crippen molar-refractivity contribution in [2.45, 2.75) is 18.7 Å². The molecule has 0 aliphatic carbocycles. The lowest BCUT2D eigenvalue weighted by molar-refractivity contribution is 0.0915. The van der Waals surface area contributed by atoms with Crippen LogP contribution in [-0.4, -0.2) is 35.0 Å². The van der Waals surface area contributed by atoms with Gasteiger partial charge in [-0.15, -0.1) is 9.78 Å². The van der Waals surface area contributed by atoms with Crippen LogP contribution < -0.4 is 9.87 Å². The van der Waals surface area contributed by atoms with Crippen LogP contribution in [0.5, 0.6) is 5.75 Å². The second-order valence-corrected chi connectivity index (χ2v) is 8.45. The molecule has 0 spiro atoms. The molecule has 0 bridgehead atoms. The minimum absolute atomic E-state index is 0.0118. The fourth-order valence-corrected chi connectivity index (χ4v) is 4.06. The average Bonchev–Trinajstić information content (AvgIpc) is 3.06. The molecule has 4 aromatic rings. The molecule has 10 heteroatoms. The first kappa shape index (κ1) is 21.2. The maximum atomic E-state index is 12.9. The van der Waals surface area contributed by atoms with E-state index in [0.29, 0.717) is 10.2 Å². The second kappa shape index (κ2) is 8.23. The molecule has 9 nitrogen and oxygen atoms in total. The first-order valence-electron chi connectivity index (χ1n) is 9.52. The highest BCUT2D eigenvalue weighted by Crippen LogP contribution is 2.24. The van der Waals surface area contributed by atoms with Gasteiger partial charge in [-0.3, -0.25) is 4.79 Å². The van der Waals surface area contributed by atoms with Gasteiger partial charge in [-0.25, -0.2) is 4.79 Å². The van der Waals surface area contributed by atoms with Gasteiger partial charge in [0.1, 0.15) is 4.90 Å². The van der Waals surface area contributed by atoms with Gasteiger partial charge < -0.3 is 4.18 Å². The van der Waals surface area contributed by atoms with E-state index < -0.39 is 21.7 Å². The highest BCUT2D eigenvalue weighted by Gasteiger charge is 2.19. The predicted octanol–water partition coefficient (Wildman–Crippen LogP) is 2.82. The Kier molecular flexibility index (Phi) is 5.45. The number of aromatic nitrogens is 3. The summed E-state index contributed by atoms with van der Waals surface area (Å²) in [5.41, 5.74) is -0.410. The van der Waals surface area contributed by atoms with Gasteiger partial charge >= 0.3 is 15.8 Å². The summed E-state index contributed by atoms with van der Waals surface area (Å²) in [6, 6.07) is 18.5. The van der Waals surface area contributed by atoms with Crippen molar-refractivity contribution in [1.82, 2.24) is 14.5 Å². The fraction of sp³-hybridized carbons (Fsp3) is 0.0909. The highest BCUT2D eigenvalue weighted by molar-refractivity contribution is 7.87. The molecule has 0 fully saturated rings. The number of carbonyl (C=O) groups is 1. The third-order valence-electron chi connectivity index (χ3n) is 4.65. The van der Waals surface area contributed by atoms with Crippen LogP contribution in [0, 0.1) is 6.92 Å². The normalized spacial score (nSPS) is 11.8. The third kappa shape index (κ3) is 4.08. The topological polar surface area (TPSA) is 113 Å². The summed E-state index contributed by atoms with van der Waals surface area (Å²) < 4.78 is 32.8. The molecule has 0 radical (unpaired) electrons. The van der Waals surface area contributed by atoms with Gasteiger partial charge in [-0.05, 0) is 42.0 Å². The minimum Gasteiger partial charge on any atom is -0.378 e. The van der Waals surface area contributed by atoms with Crippen molar-refractivity contribution in [2.24, 2.45) is 5.10 Å². The molecule has 0 unspecified atom stereocenters. The minimum atomic E-state index is -4.13. The Morgan fingerprint density at radius 2 is 1.72 bits per heavy atom. The molecule has 32 heavy (non-hydrogen) atoms. The van der Waals surface area contributed by atoms with Crippen LogP contribution >= 0.6 is 0 Å². The first-order valence-corrected chi connectivity index (χ1v) is 10.9. The Hall–Kier alpha value is -4.05. The molecule has 4 rings (SSSR count). The number of fused-ring (bicyclic) bond motifs is 1. The monoisotopic (exact) mass is 450 g/mol. The van der Waals surface area contributed by atoms with Gasteiger partial charge in [0.2, 0.25) is 5.91 Å². The van der Waals surface area contributed by atoms with E-state index in [4.69, 9.17) is 4.18 Å². The van der Waals surface area contributed by atoms with Crippen molar-refractivity contribution in [3.05, 3.63) is 88.6 Å². The molecule has 0 atom stereocenters. The maximum Gasteiger partial charge on any atom is 0.374 e. The maximum absolute atomic E-state index is 12.9. The van der Waals surface area contributed by atoms with Gasteiger partial charge in [0.15, 0.2) is 11.6 Å². The predicted molar refractivity (Wildman–Crippen MR) is 119 cm³/mol. The molecular formula is C22H18N4O5S. The molecule has 0 N–H and O–H groups in total. The Morgan fingerprint density at radius 3 is 2.44 bits per heavy atom. The number of nitrogens with zero attached hydrogens (tertiary/aromatic N) is 4. The van der Waals surface area contributed by atoms with Crippen LogP contribution in [0.4, 0.5) is 0 Å². The standard InChI is InChI=1S/C22H18N4O5S/c1-15-24-26(16(2)27)22(28)25(15)23-14-19-9-5-6-10-21(19)31-32(29,30)20-12-11-17-7-3-4-8-18(17)13-20/h3-14H,1-2H3. The molecule has 1 heterocycles. The molecule has 0 saturated heterocycles. The number of aryl methyl sites for hydroxylation is 1. The van der Waals surface area contributed by atoms with Crippen molar-refractivity contribution in [2.75, 3.05) is 0 Å². The van der Waals surface area contributed by atoms with Crippen molar-refractivity contribution >= 4 is 33.0 Å². The third-order valence-corrected chi connectivity index (χ3v) is 5.88. The van der Waals surface area contributed by atoms with Crippen LogP contribution in [0.3, 0.4) is 0 Å². The van der Waals surface area contributed by atoms with Gasteiger partial charge in [0.25, 0.3) is 0 Å². The molecule has 3 aromatic carbocycles. The lowest BCUT2D eigenvalue weighted by Gasteiger charge is -2.10. The van der Waals surface area contributed by atoms with E-state index in [2.05, 4.69) is 10.2 Å². The van der Waals surface area contributed by atoms with Gasteiger partial charge in [0.05, 0.1) is 6.21 Å². The summed E-state index contributed by atoms with van der Waals surface area (Å²) in [6.07, 6.45) is 1.27. The van der Waals surface area contributed by atoms with Crippen molar-refractivity contribution in [3.63, 3.8) is 0 Å². The molecule has 0 aliphatic rings. The molecule has 0 aliphatic heterocycles. The van der Waals surface area contributed by atoms with E-state index in [9.17, 15) is 18.0 Å². The lowest BCUT2D eigenvalue weighted by atomic mass is 10.1. The fourth-order valence-electron chi connectivity index (χ4n) is 3.07. The van der Waals surface area contributed by atoms with E-state index in [0.717, 1.165) is 15.4 Å². The van der Waals surface area contributed by atoms with E-state index in [1.54, 1.807) is 30.3 Å². The first-order chi connectivity index (χ1) is 15.3. The molecule has 0 saturated carbocycles. The summed E-state index contributed by atoms with van der Waals surface area (Å²) in [5.74, 6) is -0.310. The summed E-state index contributed by atoms with van der Waals surface area (Å²) in [7, 11) is -4.13. The Bertz CT molecular complexity index is 1530. The van der Waals surface area contributed by atoms with Gasteiger partial charge in [-0.1, -0.05) is 42.5 Å². The number of hydrogen-bond acceptors (Lipinski definition) is 7. The van der Waals surface area contributed by atoms with Crippen LogP contribution in [-0.2, 0) is 10.1 Å². The van der Waals surface area contributed by atoms with Gasteiger partial charge in [0, 0.05) is 12.5 Å². The van der Waals surface area contributed by atoms with E-state index in [-0.39, 0.29) is 16.5 Å². The van der Waals surface area contributed by atoms with Crippen LogP contribution in [0.25, 0.3) is 10.8 Å². The number of para-hydroxylation sites is 1. The summed E-state index contributed by atoms with van der Waals surface area (Å²) in [4.78, 5) is 23.8. The van der Waals surface area contributed by atoms with E-state index in [1.807, 2.05) is 24.3 Å². The zero-order valence-electron chi connectivity index (χ0n) is 17.2. The molecule has 162 valence electrons. The summed E-state index contributed by atoms with van der Waals surface area (Å²) in [6.45, 7) is 2.73. The van der Waals surface area contributed by atoms with Crippen LogP contribution in [0.2, 0.25) is 0 Å².